The Kier molecular flexibility index (Phi) is 4.78. The Balaban J connectivity index is 1.65. The van der Waals surface area contributed by atoms with Gasteiger partial charge in [0.15, 0.2) is 0 Å². The van der Waals surface area contributed by atoms with Gasteiger partial charge in [-0.25, -0.2) is 0 Å². The van der Waals surface area contributed by atoms with Gasteiger partial charge in [0.1, 0.15) is 0 Å². The number of amides is 2. The Morgan fingerprint density at radius 2 is 1.88 bits per heavy atom. The summed E-state index contributed by atoms with van der Waals surface area (Å²) in [6.07, 6.45) is 7.42. The lowest BCUT2D eigenvalue weighted by molar-refractivity contribution is -0.194. The van der Waals surface area contributed by atoms with Crippen molar-refractivity contribution >= 4 is 17.8 Å². The van der Waals surface area contributed by atoms with E-state index in [-0.39, 0.29) is 65.4 Å². The summed E-state index contributed by atoms with van der Waals surface area (Å²) in [5.41, 5.74) is 0.0547. The molecular weight excluding hydrogens is 406 g/mol. The molecule has 0 aromatic rings. The smallest absolute Gasteiger partial charge is 0.309 e. The van der Waals surface area contributed by atoms with Gasteiger partial charge in [-0.15, -0.1) is 0 Å². The SMILES string of the molecule is CC(C)C1=C[C@@]23CC[C@H]4[C@](C)(CCC[C@@]4(C)C(=O)O)[C@@H]2C[C@H]1[C@H]1C(=O)N(CCO)C(=O)[C@H]13. The number of carboxylic acids is 1. The van der Waals surface area contributed by atoms with E-state index in [0.29, 0.717) is 12.3 Å². The van der Waals surface area contributed by atoms with Crippen LogP contribution in [0.4, 0.5) is 0 Å². The van der Waals surface area contributed by atoms with Gasteiger partial charge < -0.3 is 10.2 Å². The first kappa shape index (κ1) is 22.1. The van der Waals surface area contributed by atoms with Crippen molar-refractivity contribution in [1.29, 1.82) is 0 Å². The van der Waals surface area contributed by atoms with E-state index in [4.69, 9.17) is 0 Å². The zero-order valence-corrected chi connectivity index (χ0v) is 19.8. The molecule has 2 N–H and O–H groups in total. The van der Waals surface area contributed by atoms with Crippen LogP contribution in [0.2, 0.25) is 0 Å². The van der Waals surface area contributed by atoms with E-state index in [1.54, 1.807) is 0 Å². The maximum absolute atomic E-state index is 13.6. The molecule has 8 atom stereocenters. The van der Waals surface area contributed by atoms with Gasteiger partial charge in [0, 0.05) is 5.41 Å². The number of carbonyl (C=O) groups excluding carboxylic acids is 2. The van der Waals surface area contributed by atoms with Crippen LogP contribution in [0.3, 0.4) is 0 Å². The number of nitrogens with zero attached hydrogens (tertiary/aromatic N) is 1. The van der Waals surface area contributed by atoms with Crippen molar-refractivity contribution in [3.8, 4) is 0 Å². The monoisotopic (exact) mass is 443 g/mol. The summed E-state index contributed by atoms with van der Waals surface area (Å²) in [6.45, 7) is 8.44. The average Bonchev–Trinajstić information content (AvgIpc) is 3.00. The fourth-order valence-corrected chi connectivity index (χ4v) is 9.34. The lowest BCUT2D eigenvalue weighted by atomic mass is 9.34. The van der Waals surface area contributed by atoms with Crippen molar-refractivity contribution < 1.29 is 24.6 Å². The molecule has 0 aromatic heterocycles. The maximum Gasteiger partial charge on any atom is 0.309 e. The summed E-state index contributed by atoms with van der Waals surface area (Å²) in [7, 11) is 0. The summed E-state index contributed by atoms with van der Waals surface area (Å²) in [4.78, 5) is 40.7. The number of aliphatic hydroxyl groups is 1. The van der Waals surface area contributed by atoms with Crippen molar-refractivity contribution in [1.82, 2.24) is 4.90 Å². The molecule has 1 saturated heterocycles. The third-order valence-electron chi connectivity index (χ3n) is 10.6. The number of hydrogen-bond acceptors (Lipinski definition) is 4. The standard InChI is InChI=1S/C26H37NO5/c1-14(2)16-13-26-9-6-17-24(3,7-5-8-25(17,4)23(31)32)18(26)12-15(16)19-20(26)22(30)27(10-11-28)21(19)29/h13-15,17-20,28H,5-12H2,1-4H3,(H,31,32)/t15-,17+,18+,19-,20+,24+,25-,26+/m1/s1. The molecule has 1 spiro atoms. The van der Waals surface area contributed by atoms with Crippen LogP contribution in [0.25, 0.3) is 0 Å². The Hall–Kier alpha value is -1.69. The Labute approximate surface area is 190 Å². The van der Waals surface area contributed by atoms with Gasteiger partial charge in [-0.05, 0) is 68.1 Å². The Morgan fingerprint density at radius 1 is 1.16 bits per heavy atom. The van der Waals surface area contributed by atoms with E-state index < -0.39 is 11.4 Å². The molecule has 176 valence electrons. The molecule has 1 heterocycles. The number of carbonyl (C=O) groups is 3. The molecule has 32 heavy (non-hydrogen) atoms. The molecule has 0 aromatic carbocycles. The minimum Gasteiger partial charge on any atom is -0.481 e. The molecule has 6 nitrogen and oxygen atoms in total. The maximum atomic E-state index is 13.6. The summed E-state index contributed by atoms with van der Waals surface area (Å²) in [5.74, 6) is -0.918. The minimum atomic E-state index is -0.728. The number of β-amino-alcohol motifs (C(OH)–C–C–N with tert-alkyl or cyclic N) is 1. The number of aliphatic carboxylic acids is 1. The minimum absolute atomic E-state index is 0.0422. The van der Waals surface area contributed by atoms with Gasteiger partial charge in [0.2, 0.25) is 11.8 Å². The zero-order valence-electron chi connectivity index (χ0n) is 19.8. The van der Waals surface area contributed by atoms with Gasteiger partial charge in [-0.2, -0.15) is 0 Å². The molecule has 6 aliphatic rings. The second-order valence-corrected chi connectivity index (χ2v) is 12.0. The first-order valence-corrected chi connectivity index (χ1v) is 12.4. The molecule has 1 aliphatic heterocycles. The van der Waals surface area contributed by atoms with Crippen molar-refractivity contribution in [2.24, 2.45) is 51.8 Å². The van der Waals surface area contributed by atoms with Crippen LogP contribution in [0.15, 0.2) is 11.6 Å². The van der Waals surface area contributed by atoms with E-state index >= 15 is 0 Å². The summed E-state index contributed by atoms with van der Waals surface area (Å²) >= 11 is 0. The van der Waals surface area contributed by atoms with Gasteiger partial charge >= 0.3 is 5.97 Å². The molecule has 4 fully saturated rings. The second-order valence-electron chi connectivity index (χ2n) is 12.0. The van der Waals surface area contributed by atoms with Crippen molar-refractivity contribution in [2.45, 2.75) is 66.2 Å². The van der Waals surface area contributed by atoms with E-state index in [1.807, 2.05) is 6.92 Å². The quantitative estimate of drug-likeness (QED) is 0.512. The molecule has 6 heteroatoms. The predicted octanol–water partition coefficient (Wildman–Crippen LogP) is 3.49. The number of rotatable bonds is 4. The summed E-state index contributed by atoms with van der Waals surface area (Å²) in [5, 5.41) is 19.7. The van der Waals surface area contributed by atoms with Crippen LogP contribution < -0.4 is 0 Å². The third-order valence-corrected chi connectivity index (χ3v) is 10.6. The molecule has 3 saturated carbocycles. The zero-order chi connectivity index (χ0) is 23.2. The van der Waals surface area contributed by atoms with Crippen LogP contribution >= 0.6 is 0 Å². The molecule has 6 rings (SSSR count). The van der Waals surface area contributed by atoms with Crippen LogP contribution in [-0.4, -0.2) is 46.0 Å². The molecule has 5 aliphatic carbocycles. The molecular formula is C26H37NO5. The highest BCUT2D eigenvalue weighted by atomic mass is 16.4. The van der Waals surface area contributed by atoms with Gasteiger partial charge in [-0.1, -0.05) is 38.8 Å². The van der Waals surface area contributed by atoms with E-state index in [1.165, 1.54) is 10.5 Å². The molecule has 0 radical (unpaired) electrons. The summed E-state index contributed by atoms with van der Waals surface area (Å²) < 4.78 is 0. The van der Waals surface area contributed by atoms with Crippen LogP contribution in [0, 0.1) is 51.8 Å². The largest absolute Gasteiger partial charge is 0.481 e. The highest BCUT2D eigenvalue weighted by molar-refractivity contribution is 6.06. The second kappa shape index (κ2) is 6.91. The normalized spacial score (nSPS) is 47.2. The van der Waals surface area contributed by atoms with Gasteiger partial charge in [-0.3, -0.25) is 19.3 Å². The molecule has 2 bridgehead atoms. The van der Waals surface area contributed by atoms with E-state index in [9.17, 15) is 24.6 Å². The number of hydrogen-bond donors (Lipinski definition) is 2. The molecule has 2 amide bonds. The predicted molar refractivity (Wildman–Crippen MR) is 118 cm³/mol. The Bertz CT molecular complexity index is 910. The van der Waals surface area contributed by atoms with Crippen LogP contribution in [0.1, 0.15) is 66.2 Å². The van der Waals surface area contributed by atoms with Gasteiger partial charge in [0.25, 0.3) is 0 Å². The number of likely N-dealkylation sites (tertiary alicyclic amines) is 1. The number of imide groups is 1. The average molecular weight is 444 g/mol. The lowest BCUT2D eigenvalue weighted by Crippen LogP contribution is -2.65. The van der Waals surface area contributed by atoms with E-state index in [2.05, 4.69) is 26.8 Å². The first-order valence-electron chi connectivity index (χ1n) is 12.4. The topological polar surface area (TPSA) is 94.9 Å². The van der Waals surface area contributed by atoms with E-state index in [0.717, 1.165) is 32.1 Å². The van der Waals surface area contributed by atoms with Crippen LogP contribution in [-0.2, 0) is 14.4 Å². The number of carboxylic acid groups (broad SMARTS) is 1. The number of aliphatic hydroxyl groups excluding tert-OH is 1. The van der Waals surface area contributed by atoms with Crippen molar-refractivity contribution in [2.75, 3.05) is 13.2 Å². The van der Waals surface area contributed by atoms with Crippen molar-refractivity contribution in [3.63, 3.8) is 0 Å². The van der Waals surface area contributed by atoms with Gasteiger partial charge in [0.05, 0.1) is 30.4 Å². The highest BCUT2D eigenvalue weighted by Crippen LogP contribution is 2.74. The Morgan fingerprint density at radius 3 is 2.50 bits per heavy atom. The molecule has 0 unspecified atom stereocenters. The van der Waals surface area contributed by atoms with Crippen molar-refractivity contribution in [3.05, 3.63) is 11.6 Å². The summed E-state index contributed by atoms with van der Waals surface area (Å²) in [6, 6.07) is 0. The van der Waals surface area contributed by atoms with Crippen LogP contribution in [0.5, 0.6) is 0 Å². The number of allylic oxidation sites excluding steroid dienone is 2. The number of fused-ring (bicyclic) bond motifs is 1. The fraction of sp³-hybridized carbons (Fsp3) is 0.808. The fourth-order valence-electron chi connectivity index (χ4n) is 9.34. The first-order chi connectivity index (χ1) is 15.0. The third kappa shape index (κ3) is 2.48. The highest BCUT2D eigenvalue weighted by Gasteiger charge is 2.73. The lowest BCUT2D eigenvalue weighted by Gasteiger charge is -2.68.